The van der Waals surface area contributed by atoms with E-state index in [2.05, 4.69) is 21.1 Å². The molecule has 6 heteroatoms. The zero-order valence-electron chi connectivity index (χ0n) is 13.1. The van der Waals surface area contributed by atoms with Gasteiger partial charge in [0.15, 0.2) is 11.4 Å². The van der Waals surface area contributed by atoms with Crippen LogP contribution in [0, 0.1) is 6.92 Å². The number of hydrogen-bond acceptors (Lipinski definition) is 4. The highest BCUT2D eigenvalue weighted by Crippen LogP contribution is 2.24. The zero-order valence-corrected chi connectivity index (χ0v) is 13.1. The van der Waals surface area contributed by atoms with Gasteiger partial charge in [-0.2, -0.15) is 5.10 Å². The molecule has 0 spiro atoms. The van der Waals surface area contributed by atoms with Crippen molar-refractivity contribution in [3.05, 3.63) is 48.0 Å². The summed E-state index contributed by atoms with van der Waals surface area (Å²) in [6.07, 6.45) is 3.37. The second-order valence-corrected chi connectivity index (χ2v) is 5.69. The standard InChI is InChI=1S/C17H15N5O/c1-10-6-15(20-17-13(11(2)23)8-19-22(10)17)12-4-5-14-16(7-12)21(3)9-18-14/h4-9H,1-3H3. The Kier molecular flexibility index (Phi) is 2.81. The minimum Gasteiger partial charge on any atom is -0.334 e. The van der Waals surface area contributed by atoms with Crippen molar-refractivity contribution in [1.29, 1.82) is 0 Å². The molecule has 6 nitrogen and oxygen atoms in total. The maximum absolute atomic E-state index is 11.8. The number of ketones is 1. The Labute approximate surface area is 132 Å². The number of hydrogen-bond donors (Lipinski definition) is 0. The molecule has 0 radical (unpaired) electrons. The van der Waals surface area contributed by atoms with Crippen LogP contribution in [-0.2, 0) is 7.05 Å². The molecule has 0 bridgehead atoms. The average Bonchev–Trinajstić information content (AvgIpc) is 3.11. The van der Waals surface area contributed by atoms with E-state index in [1.165, 1.54) is 6.92 Å². The second kappa shape index (κ2) is 4.74. The molecule has 4 aromatic rings. The number of benzene rings is 1. The molecular formula is C17H15N5O. The van der Waals surface area contributed by atoms with Crippen LogP contribution in [0.4, 0.5) is 0 Å². The summed E-state index contributed by atoms with van der Waals surface area (Å²) in [5.74, 6) is -0.0360. The van der Waals surface area contributed by atoms with Gasteiger partial charge in [-0.05, 0) is 32.0 Å². The number of fused-ring (bicyclic) bond motifs is 2. The Bertz CT molecular complexity index is 1070. The number of aryl methyl sites for hydroxylation is 2. The lowest BCUT2D eigenvalue weighted by molar-refractivity contribution is 0.101. The smallest absolute Gasteiger partial charge is 0.166 e. The molecule has 1 aromatic carbocycles. The summed E-state index contributed by atoms with van der Waals surface area (Å²) in [7, 11) is 1.96. The van der Waals surface area contributed by atoms with E-state index in [-0.39, 0.29) is 5.78 Å². The van der Waals surface area contributed by atoms with Gasteiger partial charge in [-0.25, -0.2) is 14.5 Å². The van der Waals surface area contributed by atoms with Crippen molar-refractivity contribution >= 4 is 22.5 Å². The van der Waals surface area contributed by atoms with Gasteiger partial charge >= 0.3 is 0 Å². The number of rotatable bonds is 2. The van der Waals surface area contributed by atoms with E-state index in [0.29, 0.717) is 11.2 Å². The van der Waals surface area contributed by atoms with Crippen LogP contribution in [0.2, 0.25) is 0 Å². The highest BCUT2D eigenvalue weighted by molar-refractivity contribution is 5.99. The van der Waals surface area contributed by atoms with E-state index in [1.807, 2.05) is 36.7 Å². The summed E-state index contributed by atoms with van der Waals surface area (Å²) in [6.45, 7) is 3.49. The van der Waals surface area contributed by atoms with Gasteiger partial charge in [-0.3, -0.25) is 4.79 Å². The van der Waals surface area contributed by atoms with Gasteiger partial charge in [0.2, 0.25) is 0 Å². The van der Waals surface area contributed by atoms with Gasteiger partial charge in [0.25, 0.3) is 0 Å². The summed E-state index contributed by atoms with van der Waals surface area (Å²) >= 11 is 0. The van der Waals surface area contributed by atoms with Crippen LogP contribution in [0.5, 0.6) is 0 Å². The third kappa shape index (κ3) is 2.03. The summed E-state index contributed by atoms with van der Waals surface area (Å²) in [5.41, 5.74) is 5.87. The van der Waals surface area contributed by atoms with E-state index >= 15 is 0 Å². The third-order valence-corrected chi connectivity index (χ3v) is 4.05. The number of imidazole rings is 1. The summed E-state index contributed by atoms with van der Waals surface area (Å²) in [5, 5.41) is 4.25. The van der Waals surface area contributed by atoms with Gasteiger partial charge in [0.05, 0.1) is 34.8 Å². The van der Waals surface area contributed by atoms with Crippen LogP contribution < -0.4 is 0 Å². The number of carbonyl (C=O) groups is 1. The molecule has 0 fully saturated rings. The van der Waals surface area contributed by atoms with Gasteiger partial charge in [0.1, 0.15) is 0 Å². The normalized spacial score (nSPS) is 11.4. The third-order valence-electron chi connectivity index (χ3n) is 4.05. The molecule has 0 atom stereocenters. The van der Waals surface area contributed by atoms with Crippen molar-refractivity contribution in [1.82, 2.24) is 24.1 Å². The number of aromatic nitrogens is 5. The quantitative estimate of drug-likeness (QED) is 0.534. The highest BCUT2D eigenvalue weighted by Gasteiger charge is 2.14. The Morgan fingerprint density at radius 2 is 2.04 bits per heavy atom. The lowest BCUT2D eigenvalue weighted by Gasteiger charge is -2.06. The lowest BCUT2D eigenvalue weighted by Crippen LogP contribution is -2.00. The summed E-state index contributed by atoms with van der Waals surface area (Å²) < 4.78 is 3.67. The highest BCUT2D eigenvalue weighted by atomic mass is 16.1. The topological polar surface area (TPSA) is 65.1 Å². The van der Waals surface area contributed by atoms with Crippen molar-refractivity contribution < 1.29 is 4.79 Å². The fourth-order valence-electron chi connectivity index (χ4n) is 2.79. The molecule has 0 unspecified atom stereocenters. The van der Waals surface area contributed by atoms with Crippen LogP contribution in [0.1, 0.15) is 23.0 Å². The molecule has 0 amide bonds. The van der Waals surface area contributed by atoms with Gasteiger partial charge in [0, 0.05) is 18.3 Å². The molecule has 0 aliphatic heterocycles. The first-order valence-electron chi connectivity index (χ1n) is 7.32. The van der Waals surface area contributed by atoms with Crippen LogP contribution >= 0.6 is 0 Å². The summed E-state index contributed by atoms with van der Waals surface area (Å²) in [4.78, 5) is 20.8. The van der Waals surface area contributed by atoms with Crippen LogP contribution in [0.3, 0.4) is 0 Å². The first-order chi connectivity index (χ1) is 11.0. The van der Waals surface area contributed by atoms with E-state index in [9.17, 15) is 4.79 Å². The largest absolute Gasteiger partial charge is 0.334 e. The summed E-state index contributed by atoms with van der Waals surface area (Å²) in [6, 6.07) is 8.01. The minimum atomic E-state index is -0.0360. The van der Waals surface area contributed by atoms with Crippen LogP contribution in [-0.4, -0.2) is 29.9 Å². The molecule has 0 saturated heterocycles. The molecule has 0 saturated carbocycles. The fraction of sp³-hybridized carbons (Fsp3) is 0.176. The number of nitrogens with zero attached hydrogens (tertiary/aromatic N) is 5. The number of carbonyl (C=O) groups excluding carboxylic acids is 1. The Morgan fingerprint density at radius 1 is 1.22 bits per heavy atom. The lowest BCUT2D eigenvalue weighted by atomic mass is 10.1. The molecule has 0 N–H and O–H groups in total. The van der Waals surface area contributed by atoms with Crippen molar-refractivity contribution in [2.24, 2.45) is 7.05 Å². The van der Waals surface area contributed by atoms with E-state index in [0.717, 1.165) is 28.0 Å². The predicted octanol–water partition coefficient (Wildman–Crippen LogP) is 2.79. The molecule has 3 aromatic heterocycles. The van der Waals surface area contributed by atoms with E-state index in [4.69, 9.17) is 0 Å². The molecule has 23 heavy (non-hydrogen) atoms. The first kappa shape index (κ1) is 13.6. The van der Waals surface area contributed by atoms with Crippen molar-refractivity contribution in [2.75, 3.05) is 0 Å². The molecule has 0 aliphatic carbocycles. The van der Waals surface area contributed by atoms with Crippen molar-refractivity contribution in [3.8, 4) is 11.3 Å². The maximum atomic E-state index is 11.8. The maximum Gasteiger partial charge on any atom is 0.166 e. The van der Waals surface area contributed by atoms with Gasteiger partial charge < -0.3 is 4.57 Å². The molecule has 114 valence electrons. The zero-order chi connectivity index (χ0) is 16.1. The van der Waals surface area contributed by atoms with Crippen molar-refractivity contribution in [3.63, 3.8) is 0 Å². The SMILES string of the molecule is CC(=O)c1cnn2c(C)cc(-c3ccc4ncn(C)c4c3)nc12. The Hall–Kier alpha value is -3.02. The monoisotopic (exact) mass is 305 g/mol. The molecule has 4 rings (SSSR count). The van der Waals surface area contributed by atoms with E-state index in [1.54, 1.807) is 17.0 Å². The van der Waals surface area contributed by atoms with Crippen LogP contribution in [0.25, 0.3) is 27.9 Å². The predicted molar refractivity (Wildman–Crippen MR) is 87.4 cm³/mol. The van der Waals surface area contributed by atoms with Gasteiger partial charge in [-0.15, -0.1) is 0 Å². The first-order valence-corrected chi connectivity index (χ1v) is 7.32. The molecule has 0 aliphatic rings. The molecule has 3 heterocycles. The minimum absolute atomic E-state index is 0.0360. The second-order valence-electron chi connectivity index (χ2n) is 5.69. The Balaban J connectivity index is 1.97. The average molecular weight is 305 g/mol. The van der Waals surface area contributed by atoms with Gasteiger partial charge in [-0.1, -0.05) is 6.07 Å². The molecular weight excluding hydrogens is 290 g/mol. The number of Topliss-reactive ketones (excluding diaryl/α,β-unsaturated/α-hetero) is 1. The van der Waals surface area contributed by atoms with Crippen molar-refractivity contribution in [2.45, 2.75) is 13.8 Å². The fourth-order valence-corrected chi connectivity index (χ4v) is 2.79. The van der Waals surface area contributed by atoms with Crippen LogP contribution in [0.15, 0.2) is 36.8 Å². The Morgan fingerprint density at radius 3 is 2.83 bits per heavy atom. The van der Waals surface area contributed by atoms with E-state index < -0.39 is 0 Å².